The Hall–Kier alpha value is -2.50. The molecule has 1 heterocycles. The molecule has 26 heavy (non-hydrogen) atoms. The molecule has 0 amide bonds. The van der Waals surface area contributed by atoms with Crippen LogP contribution in [0.1, 0.15) is 11.1 Å². The average molecular weight is 390 g/mol. The number of nitrogens with one attached hydrogen (secondary N) is 1. The molecule has 3 rings (SSSR count). The van der Waals surface area contributed by atoms with Gasteiger partial charge in [-0.05, 0) is 42.3 Å². The Bertz CT molecular complexity index is 1000. The second kappa shape index (κ2) is 7.81. The minimum absolute atomic E-state index is 0.167. The molecule has 0 saturated carbocycles. The van der Waals surface area contributed by atoms with Crippen LogP contribution in [-0.2, 0) is 6.54 Å². The van der Waals surface area contributed by atoms with Gasteiger partial charge in [0, 0.05) is 15.7 Å². The van der Waals surface area contributed by atoms with Crippen molar-refractivity contribution in [2.24, 2.45) is 0 Å². The lowest BCUT2D eigenvalue weighted by Crippen LogP contribution is -2.19. The van der Waals surface area contributed by atoms with Gasteiger partial charge in [0.1, 0.15) is 0 Å². The molecule has 0 aliphatic carbocycles. The summed E-state index contributed by atoms with van der Waals surface area (Å²) in [6, 6.07) is 13.0. The molecule has 0 saturated heterocycles. The molecule has 0 fully saturated rings. The summed E-state index contributed by atoms with van der Waals surface area (Å²) in [5, 5.41) is 4.46. The van der Waals surface area contributed by atoms with Crippen LogP contribution in [0, 0.1) is 6.92 Å². The summed E-state index contributed by atoms with van der Waals surface area (Å²) >= 11 is 12.3. The Morgan fingerprint density at radius 3 is 2.69 bits per heavy atom. The second-order valence-electron chi connectivity index (χ2n) is 5.73. The first-order chi connectivity index (χ1) is 12.5. The van der Waals surface area contributed by atoms with Crippen molar-refractivity contribution in [1.82, 2.24) is 9.55 Å². The van der Waals surface area contributed by atoms with Gasteiger partial charge in [0.05, 0.1) is 19.9 Å². The number of rotatable bonds is 5. The average Bonchev–Trinajstić information content (AvgIpc) is 2.61. The van der Waals surface area contributed by atoms with E-state index in [1.54, 1.807) is 10.8 Å². The number of methoxy groups -OCH3 is 1. The summed E-state index contributed by atoms with van der Waals surface area (Å²) in [6.07, 6.45) is 1.62. The maximum absolute atomic E-state index is 12.1. The van der Waals surface area contributed by atoms with Crippen LogP contribution in [0.5, 0.6) is 5.75 Å². The third-order valence-electron chi connectivity index (χ3n) is 3.94. The topological polar surface area (TPSA) is 56.1 Å². The third kappa shape index (κ3) is 4.00. The Labute approximate surface area is 161 Å². The first-order valence-electron chi connectivity index (χ1n) is 7.90. The second-order valence-corrected chi connectivity index (χ2v) is 6.58. The van der Waals surface area contributed by atoms with Crippen molar-refractivity contribution >= 4 is 34.8 Å². The van der Waals surface area contributed by atoms with Gasteiger partial charge in [-0.3, -0.25) is 4.79 Å². The Morgan fingerprint density at radius 1 is 1.19 bits per heavy atom. The quantitative estimate of drug-likeness (QED) is 0.689. The van der Waals surface area contributed by atoms with Gasteiger partial charge in [-0.25, -0.2) is 0 Å². The van der Waals surface area contributed by atoms with Gasteiger partial charge in [0.15, 0.2) is 0 Å². The number of anilines is 2. The van der Waals surface area contributed by atoms with Crippen LogP contribution >= 0.6 is 23.2 Å². The van der Waals surface area contributed by atoms with Crippen LogP contribution in [0.2, 0.25) is 10.0 Å². The van der Waals surface area contributed by atoms with Crippen LogP contribution in [0.25, 0.3) is 0 Å². The van der Waals surface area contributed by atoms with Crippen LogP contribution < -0.4 is 15.6 Å². The zero-order chi connectivity index (χ0) is 18.7. The third-order valence-corrected chi connectivity index (χ3v) is 4.58. The fourth-order valence-electron chi connectivity index (χ4n) is 2.53. The van der Waals surface area contributed by atoms with E-state index in [9.17, 15) is 4.79 Å². The van der Waals surface area contributed by atoms with Gasteiger partial charge >= 0.3 is 5.56 Å². The van der Waals surface area contributed by atoms with Gasteiger partial charge < -0.3 is 14.6 Å². The fourth-order valence-corrected chi connectivity index (χ4v) is 2.92. The van der Waals surface area contributed by atoms with E-state index >= 15 is 0 Å². The Morgan fingerprint density at radius 2 is 1.96 bits per heavy atom. The van der Waals surface area contributed by atoms with E-state index in [4.69, 9.17) is 27.9 Å². The number of halogens is 2. The molecule has 0 aliphatic heterocycles. The van der Waals surface area contributed by atoms with E-state index in [1.807, 2.05) is 49.4 Å². The van der Waals surface area contributed by atoms with Crippen LogP contribution in [-0.4, -0.2) is 16.7 Å². The van der Waals surface area contributed by atoms with E-state index in [2.05, 4.69) is 10.3 Å². The van der Waals surface area contributed by atoms with Crippen LogP contribution in [0.3, 0.4) is 0 Å². The molecule has 134 valence electrons. The first-order valence-corrected chi connectivity index (χ1v) is 8.65. The van der Waals surface area contributed by atoms with Gasteiger partial charge in [-0.2, -0.15) is 4.98 Å². The molecule has 5 nitrogen and oxygen atoms in total. The summed E-state index contributed by atoms with van der Waals surface area (Å²) < 4.78 is 6.92. The minimum atomic E-state index is -0.447. The number of ether oxygens (including phenoxy) is 1. The highest BCUT2D eigenvalue weighted by molar-refractivity contribution is 6.31. The SMILES string of the molecule is COc1cn(Cc2cccc(Cl)c2)c(Nc2cccc(Cl)c2C)nc1=O. The molecule has 0 atom stereocenters. The van der Waals surface area contributed by atoms with Crippen molar-refractivity contribution in [1.29, 1.82) is 0 Å². The molecule has 2 aromatic carbocycles. The first kappa shape index (κ1) is 18.3. The lowest BCUT2D eigenvalue weighted by Gasteiger charge is -2.16. The van der Waals surface area contributed by atoms with E-state index in [1.165, 1.54) is 7.11 Å². The van der Waals surface area contributed by atoms with Crippen molar-refractivity contribution in [3.8, 4) is 5.75 Å². The number of aromatic nitrogens is 2. The highest BCUT2D eigenvalue weighted by atomic mass is 35.5. The van der Waals surface area contributed by atoms with E-state index in [-0.39, 0.29) is 5.75 Å². The summed E-state index contributed by atoms with van der Waals surface area (Å²) in [7, 11) is 1.44. The van der Waals surface area contributed by atoms with Crippen molar-refractivity contribution in [2.45, 2.75) is 13.5 Å². The molecule has 3 aromatic rings. The van der Waals surface area contributed by atoms with Gasteiger partial charge in [0.2, 0.25) is 11.7 Å². The molecular weight excluding hydrogens is 373 g/mol. The molecule has 7 heteroatoms. The zero-order valence-electron chi connectivity index (χ0n) is 14.3. The molecule has 0 unspecified atom stereocenters. The molecule has 1 N–H and O–H groups in total. The molecule has 1 aromatic heterocycles. The summed E-state index contributed by atoms with van der Waals surface area (Å²) in [5.41, 5.74) is 2.16. The number of hydrogen-bond acceptors (Lipinski definition) is 4. The molecule has 0 bridgehead atoms. The smallest absolute Gasteiger partial charge is 0.316 e. The highest BCUT2D eigenvalue weighted by Gasteiger charge is 2.12. The number of benzene rings is 2. The van der Waals surface area contributed by atoms with Crippen LogP contribution in [0.4, 0.5) is 11.6 Å². The predicted octanol–water partition coefficient (Wildman–Crippen LogP) is 4.66. The van der Waals surface area contributed by atoms with E-state index < -0.39 is 5.56 Å². The maximum Gasteiger partial charge on any atom is 0.316 e. The van der Waals surface area contributed by atoms with E-state index in [0.29, 0.717) is 22.5 Å². The fraction of sp³-hybridized carbons (Fsp3) is 0.158. The minimum Gasteiger partial charge on any atom is -0.490 e. The highest BCUT2D eigenvalue weighted by Crippen LogP contribution is 2.26. The zero-order valence-corrected chi connectivity index (χ0v) is 15.8. The van der Waals surface area contributed by atoms with Gasteiger partial charge in [0.25, 0.3) is 0 Å². The van der Waals surface area contributed by atoms with Gasteiger partial charge in [-0.15, -0.1) is 0 Å². The maximum atomic E-state index is 12.1. The molecule has 0 spiro atoms. The van der Waals surface area contributed by atoms with Crippen molar-refractivity contribution in [3.05, 3.63) is 80.2 Å². The Balaban J connectivity index is 2.04. The normalized spacial score (nSPS) is 10.6. The van der Waals surface area contributed by atoms with Gasteiger partial charge in [-0.1, -0.05) is 41.4 Å². The van der Waals surface area contributed by atoms with E-state index in [0.717, 1.165) is 16.8 Å². The Kier molecular flexibility index (Phi) is 5.49. The molecular formula is C19H17Cl2N3O2. The van der Waals surface area contributed by atoms with Crippen LogP contribution in [0.15, 0.2) is 53.5 Å². The number of nitrogens with zero attached hydrogens (tertiary/aromatic N) is 2. The summed E-state index contributed by atoms with van der Waals surface area (Å²) in [6.45, 7) is 2.36. The molecule has 0 radical (unpaired) electrons. The lowest BCUT2D eigenvalue weighted by atomic mass is 10.2. The predicted molar refractivity (Wildman–Crippen MR) is 105 cm³/mol. The summed E-state index contributed by atoms with van der Waals surface area (Å²) in [4.78, 5) is 16.3. The lowest BCUT2D eigenvalue weighted by molar-refractivity contribution is 0.402. The van der Waals surface area contributed by atoms with Crippen molar-refractivity contribution in [2.75, 3.05) is 12.4 Å². The monoisotopic (exact) mass is 389 g/mol. The van der Waals surface area contributed by atoms with Crippen molar-refractivity contribution < 1.29 is 4.74 Å². The molecule has 0 aliphatic rings. The standard InChI is InChI=1S/C19H17Cl2N3O2/c1-12-15(21)7-4-8-16(12)22-19-23-18(25)17(26-2)11-24(19)10-13-5-3-6-14(20)9-13/h3-9,11H,10H2,1-2H3,(H,22,23,25). The summed E-state index contributed by atoms with van der Waals surface area (Å²) in [5.74, 6) is 0.557. The number of hydrogen-bond donors (Lipinski definition) is 1. The largest absolute Gasteiger partial charge is 0.490 e. The van der Waals surface area contributed by atoms with Crippen molar-refractivity contribution in [3.63, 3.8) is 0 Å².